The van der Waals surface area contributed by atoms with Crippen LogP contribution < -0.4 is 0 Å². The molecule has 0 saturated heterocycles. The highest BCUT2D eigenvalue weighted by molar-refractivity contribution is 7.99. The van der Waals surface area contributed by atoms with Gasteiger partial charge >= 0.3 is 0 Å². The summed E-state index contributed by atoms with van der Waals surface area (Å²) in [7, 11) is 0. The van der Waals surface area contributed by atoms with Crippen LogP contribution in [0.25, 0.3) is 0 Å². The minimum absolute atomic E-state index is 0.236. The Labute approximate surface area is 104 Å². The van der Waals surface area contributed by atoms with Crippen molar-refractivity contribution in [2.75, 3.05) is 5.88 Å². The van der Waals surface area contributed by atoms with Crippen LogP contribution in [0.5, 0.6) is 0 Å². The summed E-state index contributed by atoms with van der Waals surface area (Å²) in [6.45, 7) is 2.11. The van der Waals surface area contributed by atoms with Crippen LogP contribution in [-0.2, 0) is 5.75 Å². The SMILES string of the molecule is CC(CCCl)SCc1cc(F)ccc1Cl. The van der Waals surface area contributed by atoms with E-state index in [2.05, 4.69) is 6.92 Å². The van der Waals surface area contributed by atoms with Crippen molar-refractivity contribution in [1.29, 1.82) is 0 Å². The molecule has 0 aliphatic rings. The lowest BCUT2D eigenvalue weighted by Crippen LogP contribution is -1.98. The van der Waals surface area contributed by atoms with Crippen LogP contribution in [-0.4, -0.2) is 11.1 Å². The topological polar surface area (TPSA) is 0 Å². The molecule has 4 heteroatoms. The number of rotatable bonds is 5. The molecule has 0 aliphatic carbocycles. The molecule has 1 atom stereocenters. The van der Waals surface area contributed by atoms with Crippen molar-refractivity contribution in [3.8, 4) is 0 Å². The Morgan fingerprint density at radius 3 is 2.87 bits per heavy atom. The van der Waals surface area contributed by atoms with E-state index in [1.807, 2.05) is 0 Å². The van der Waals surface area contributed by atoms with Gasteiger partial charge in [-0.15, -0.1) is 11.6 Å². The van der Waals surface area contributed by atoms with Gasteiger partial charge in [0.15, 0.2) is 0 Å². The van der Waals surface area contributed by atoms with Gasteiger partial charge in [0.05, 0.1) is 0 Å². The van der Waals surface area contributed by atoms with Crippen LogP contribution in [0.1, 0.15) is 18.9 Å². The monoisotopic (exact) mass is 266 g/mol. The molecule has 0 aromatic heterocycles. The van der Waals surface area contributed by atoms with E-state index >= 15 is 0 Å². The standard InChI is InChI=1S/C11H13Cl2FS/c1-8(4-5-12)15-7-9-6-10(14)2-3-11(9)13/h2-3,6,8H,4-5,7H2,1H3. The Kier molecular flexibility index (Phi) is 5.80. The van der Waals surface area contributed by atoms with Crippen LogP contribution in [0, 0.1) is 5.82 Å². The summed E-state index contributed by atoms with van der Waals surface area (Å²) in [5.74, 6) is 1.15. The predicted octanol–water partition coefficient (Wildman–Crippen LogP) is 4.73. The van der Waals surface area contributed by atoms with Crippen LogP contribution in [0.2, 0.25) is 5.02 Å². The summed E-state index contributed by atoms with van der Waals surface area (Å²) in [5, 5.41) is 1.10. The molecule has 1 aromatic carbocycles. The fourth-order valence-electron chi connectivity index (χ4n) is 1.12. The number of thioether (sulfide) groups is 1. The van der Waals surface area contributed by atoms with Crippen LogP contribution in [0.15, 0.2) is 18.2 Å². The molecule has 0 amide bonds. The average Bonchev–Trinajstić information content (AvgIpc) is 2.20. The predicted molar refractivity (Wildman–Crippen MR) is 67.5 cm³/mol. The largest absolute Gasteiger partial charge is 0.207 e. The molecule has 0 saturated carbocycles. The molecule has 0 radical (unpaired) electrons. The second-order valence-corrected chi connectivity index (χ2v) is 5.55. The van der Waals surface area contributed by atoms with Crippen molar-refractivity contribution >= 4 is 35.0 Å². The van der Waals surface area contributed by atoms with Gasteiger partial charge in [-0.1, -0.05) is 18.5 Å². The Bertz CT molecular complexity index is 317. The summed E-state index contributed by atoms with van der Waals surface area (Å²) in [6, 6.07) is 4.46. The Balaban J connectivity index is 2.53. The second-order valence-electron chi connectivity index (χ2n) is 3.34. The summed E-state index contributed by atoms with van der Waals surface area (Å²) in [5.41, 5.74) is 0.850. The van der Waals surface area contributed by atoms with E-state index in [0.717, 1.165) is 17.7 Å². The average molecular weight is 267 g/mol. The second kappa shape index (κ2) is 6.62. The lowest BCUT2D eigenvalue weighted by atomic mass is 10.2. The van der Waals surface area contributed by atoms with Gasteiger partial charge < -0.3 is 0 Å². The summed E-state index contributed by atoms with van der Waals surface area (Å²) in [4.78, 5) is 0. The molecule has 15 heavy (non-hydrogen) atoms. The number of benzene rings is 1. The third kappa shape index (κ3) is 4.62. The first-order valence-corrected chi connectivity index (χ1v) is 6.71. The van der Waals surface area contributed by atoms with E-state index in [1.54, 1.807) is 17.8 Å². The van der Waals surface area contributed by atoms with Crippen molar-refractivity contribution in [3.05, 3.63) is 34.6 Å². The van der Waals surface area contributed by atoms with Gasteiger partial charge in [0.2, 0.25) is 0 Å². The molecule has 1 rings (SSSR count). The van der Waals surface area contributed by atoms with Gasteiger partial charge in [0.1, 0.15) is 5.82 Å². The highest BCUT2D eigenvalue weighted by Crippen LogP contribution is 2.25. The molecular weight excluding hydrogens is 254 g/mol. The quantitative estimate of drug-likeness (QED) is 0.695. The van der Waals surface area contributed by atoms with E-state index in [1.165, 1.54) is 12.1 Å². The van der Waals surface area contributed by atoms with E-state index in [-0.39, 0.29) is 5.82 Å². The van der Waals surface area contributed by atoms with Crippen molar-refractivity contribution < 1.29 is 4.39 Å². The smallest absolute Gasteiger partial charge is 0.123 e. The number of alkyl halides is 1. The first kappa shape index (κ1) is 13.1. The van der Waals surface area contributed by atoms with Crippen LogP contribution in [0.4, 0.5) is 4.39 Å². The zero-order chi connectivity index (χ0) is 11.3. The van der Waals surface area contributed by atoms with Gasteiger partial charge in [-0.25, -0.2) is 4.39 Å². The zero-order valence-corrected chi connectivity index (χ0v) is 10.8. The highest BCUT2D eigenvalue weighted by atomic mass is 35.5. The summed E-state index contributed by atoms with van der Waals surface area (Å²) < 4.78 is 12.9. The molecule has 0 fully saturated rings. The van der Waals surface area contributed by atoms with Crippen LogP contribution in [0.3, 0.4) is 0 Å². The van der Waals surface area contributed by atoms with E-state index in [9.17, 15) is 4.39 Å². The molecule has 0 N–H and O–H groups in total. The number of hydrogen-bond donors (Lipinski definition) is 0. The lowest BCUT2D eigenvalue weighted by Gasteiger charge is -2.10. The van der Waals surface area contributed by atoms with E-state index < -0.39 is 0 Å². The number of hydrogen-bond acceptors (Lipinski definition) is 1. The third-order valence-corrected chi connectivity index (χ3v) is 3.92. The molecule has 84 valence electrons. The molecule has 1 aromatic rings. The molecule has 1 unspecified atom stereocenters. The Morgan fingerprint density at radius 2 is 2.20 bits per heavy atom. The molecule has 0 heterocycles. The van der Waals surface area contributed by atoms with Crippen molar-refractivity contribution in [2.24, 2.45) is 0 Å². The first-order chi connectivity index (χ1) is 7.13. The molecule has 0 aliphatic heterocycles. The van der Waals surface area contributed by atoms with Crippen LogP contribution >= 0.6 is 35.0 Å². The van der Waals surface area contributed by atoms with Crippen molar-refractivity contribution in [1.82, 2.24) is 0 Å². The van der Waals surface area contributed by atoms with E-state index in [4.69, 9.17) is 23.2 Å². The van der Waals surface area contributed by atoms with Gasteiger partial charge in [0.25, 0.3) is 0 Å². The third-order valence-electron chi connectivity index (χ3n) is 2.05. The van der Waals surface area contributed by atoms with Crippen molar-refractivity contribution in [2.45, 2.75) is 24.3 Å². The normalized spacial score (nSPS) is 12.8. The Hall–Kier alpha value is 0.0800. The lowest BCUT2D eigenvalue weighted by molar-refractivity contribution is 0.626. The molecule has 0 nitrogen and oxygen atoms in total. The molecule has 0 spiro atoms. The minimum atomic E-state index is -0.236. The van der Waals surface area contributed by atoms with Gasteiger partial charge in [0, 0.05) is 21.9 Å². The summed E-state index contributed by atoms with van der Waals surface area (Å²) >= 11 is 13.3. The van der Waals surface area contributed by atoms with Gasteiger partial charge in [-0.3, -0.25) is 0 Å². The first-order valence-electron chi connectivity index (χ1n) is 4.75. The summed E-state index contributed by atoms with van der Waals surface area (Å²) in [6.07, 6.45) is 0.957. The molecular formula is C11H13Cl2FS. The van der Waals surface area contributed by atoms with Gasteiger partial charge in [-0.2, -0.15) is 11.8 Å². The maximum Gasteiger partial charge on any atom is 0.123 e. The zero-order valence-electron chi connectivity index (χ0n) is 8.47. The minimum Gasteiger partial charge on any atom is -0.207 e. The molecule has 0 bridgehead atoms. The highest BCUT2D eigenvalue weighted by Gasteiger charge is 2.06. The maximum atomic E-state index is 12.9. The van der Waals surface area contributed by atoms with E-state index in [0.29, 0.717) is 16.2 Å². The van der Waals surface area contributed by atoms with Gasteiger partial charge in [-0.05, 0) is 30.2 Å². The Morgan fingerprint density at radius 1 is 1.47 bits per heavy atom. The fraction of sp³-hybridized carbons (Fsp3) is 0.455. The van der Waals surface area contributed by atoms with Crippen molar-refractivity contribution in [3.63, 3.8) is 0 Å². The maximum absolute atomic E-state index is 12.9. The fourth-order valence-corrected chi connectivity index (χ4v) is 2.83. The number of halogens is 3.